The summed E-state index contributed by atoms with van der Waals surface area (Å²) in [5.41, 5.74) is 5.38. The number of benzene rings is 2. The monoisotopic (exact) mass is 464 g/mol. The SMILES string of the molecule is CN(C)c1ccc(CCCCCCCC(=O)CCCCCCCc2ccc(N(C)C)cc2)cc1. The van der Waals surface area contributed by atoms with Crippen LogP contribution in [0.25, 0.3) is 0 Å². The molecule has 0 bridgehead atoms. The van der Waals surface area contributed by atoms with E-state index in [1.165, 1.54) is 73.9 Å². The molecule has 0 spiro atoms. The van der Waals surface area contributed by atoms with Crippen LogP contribution in [-0.4, -0.2) is 34.0 Å². The smallest absolute Gasteiger partial charge is 0.132 e. The number of anilines is 2. The highest BCUT2D eigenvalue weighted by Gasteiger charge is 2.03. The number of hydrogen-bond acceptors (Lipinski definition) is 3. The Labute approximate surface area is 209 Å². The predicted molar refractivity (Wildman–Crippen MR) is 149 cm³/mol. The van der Waals surface area contributed by atoms with E-state index in [0.29, 0.717) is 5.78 Å². The first-order valence-electron chi connectivity index (χ1n) is 13.5. The van der Waals surface area contributed by atoms with Gasteiger partial charge >= 0.3 is 0 Å². The lowest BCUT2D eigenvalue weighted by Gasteiger charge is -2.12. The Balaban J connectivity index is 1.38. The molecule has 0 aliphatic rings. The molecule has 0 aliphatic heterocycles. The molecule has 3 heteroatoms. The standard InChI is InChI=1S/C31H48N2O/c1-32(2)29-23-19-27(20-24-29)15-11-7-5-9-13-17-31(34)18-14-10-6-8-12-16-28-21-25-30(26-22-28)33(3)4/h19-26H,5-18H2,1-4H3. The molecule has 0 saturated carbocycles. The zero-order valence-electron chi connectivity index (χ0n) is 22.3. The van der Waals surface area contributed by atoms with Gasteiger partial charge in [0.1, 0.15) is 5.78 Å². The molecule has 0 saturated heterocycles. The molecule has 0 fully saturated rings. The Morgan fingerprint density at radius 1 is 0.500 bits per heavy atom. The van der Waals surface area contributed by atoms with Crippen LogP contribution in [0.3, 0.4) is 0 Å². The molecule has 0 radical (unpaired) electrons. The molecule has 188 valence electrons. The summed E-state index contributed by atoms with van der Waals surface area (Å²) in [4.78, 5) is 16.4. The van der Waals surface area contributed by atoms with E-state index >= 15 is 0 Å². The van der Waals surface area contributed by atoms with E-state index in [-0.39, 0.29) is 0 Å². The molecule has 0 aromatic heterocycles. The molecule has 2 aromatic carbocycles. The number of carbonyl (C=O) groups excluding carboxylic acids is 1. The average Bonchev–Trinajstić information content (AvgIpc) is 2.83. The van der Waals surface area contributed by atoms with Crippen molar-refractivity contribution in [3.8, 4) is 0 Å². The summed E-state index contributed by atoms with van der Waals surface area (Å²) >= 11 is 0. The van der Waals surface area contributed by atoms with Crippen LogP contribution in [-0.2, 0) is 17.6 Å². The highest BCUT2D eigenvalue weighted by atomic mass is 16.1. The van der Waals surface area contributed by atoms with Gasteiger partial charge in [-0.05, 0) is 73.9 Å². The van der Waals surface area contributed by atoms with E-state index in [9.17, 15) is 4.79 Å². The highest BCUT2D eigenvalue weighted by Crippen LogP contribution is 2.17. The number of rotatable bonds is 18. The normalized spacial score (nSPS) is 10.9. The third kappa shape index (κ3) is 11.7. The van der Waals surface area contributed by atoms with Crippen molar-refractivity contribution in [1.29, 1.82) is 0 Å². The van der Waals surface area contributed by atoms with Crippen LogP contribution in [0.1, 0.15) is 88.2 Å². The van der Waals surface area contributed by atoms with E-state index in [1.54, 1.807) is 0 Å². The van der Waals surface area contributed by atoms with E-state index in [2.05, 4.69) is 86.5 Å². The van der Waals surface area contributed by atoms with Gasteiger partial charge < -0.3 is 9.80 Å². The van der Waals surface area contributed by atoms with Crippen molar-refractivity contribution in [3.05, 3.63) is 59.7 Å². The van der Waals surface area contributed by atoms with Crippen molar-refractivity contribution < 1.29 is 4.79 Å². The summed E-state index contributed by atoms with van der Waals surface area (Å²) in [6.07, 6.45) is 16.0. The van der Waals surface area contributed by atoms with Gasteiger partial charge in [-0.25, -0.2) is 0 Å². The Hall–Kier alpha value is -2.29. The lowest BCUT2D eigenvalue weighted by molar-refractivity contribution is -0.119. The Morgan fingerprint density at radius 2 is 0.824 bits per heavy atom. The third-order valence-corrected chi connectivity index (χ3v) is 6.75. The summed E-state index contributed by atoms with van der Waals surface area (Å²) in [7, 11) is 8.31. The Kier molecular flexibility index (Phi) is 13.4. The second-order valence-electron chi connectivity index (χ2n) is 10.2. The van der Waals surface area contributed by atoms with E-state index in [0.717, 1.165) is 38.5 Å². The number of ketones is 1. The maximum absolute atomic E-state index is 12.1. The fourth-order valence-corrected chi connectivity index (χ4v) is 4.41. The van der Waals surface area contributed by atoms with Crippen LogP contribution in [0.4, 0.5) is 11.4 Å². The molecule has 0 atom stereocenters. The van der Waals surface area contributed by atoms with Gasteiger partial charge in [-0.2, -0.15) is 0 Å². The van der Waals surface area contributed by atoms with Crippen LogP contribution in [0.15, 0.2) is 48.5 Å². The molecule has 2 aromatic rings. The van der Waals surface area contributed by atoms with Crippen LogP contribution < -0.4 is 9.80 Å². The number of hydrogen-bond donors (Lipinski definition) is 0. The first-order chi connectivity index (χ1) is 16.5. The van der Waals surface area contributed by atoms with E-state index in [1.807, 2.05) is 0 Å². The largest absolute Gasteiger partial charge is 0.378 e. The summed E-state index contributed by atoms with van der Waals surface area (Å²) in [6.45, 7) is 0. The molecule has 2 rings (SSSR count). The summed E-state index contributed by atoms with van der Waals surface area (Å²) < 4.78 is 0. The molecule has 34 heavy (non-hydrogen) atoms. The van der Waals surface area contributed by atoms with Gasteiger partial charge in [-0.15, -0.1) is 0 Å². The van der Waals surface area contributed by atoms with Crippen molar-refractivity contribution in [2.24, 2.45) is 0 Å². The van der Waals surface area contributed by atoms with E-state index < -0.39 is 0 Å². The Morgan fingerprint density at radius 3 is 1.18 bits per heavy atom. The van der Waals surface area contributed by atoms with Gasteiger partial charge in [-0.1, -0.05) is 62.8 Å². The first kappa shape index (κ1) is 28.0. The lowest BCUT2D eigenvalue weighted by atomic mass is 10.0. The first-order valence-corrected chi connectivity index (χ1v) is 13.5. The second kappa shape index (κ2) is 16.4. The molecule has 0 N–H and O–H groups in total. The maximum Gasteiger partial charge on any atom is 0.132 e. The van der Waals surface area contributed by atoms with Crippen molar-refractivity contribution in [2.45, 2.75) is 89.9 Å². The molecular weight excluding hydrogens is 416 g/mol. The molecule has 0 amide bonds. The van der Waals surface area contributed by atoms with Crippen LogP contribution >= 0.6 is 0 Å². The Bertz CT molecular complexity index is 726. The fourth-order valence-electron chi connectivity index (χ4n) is 4.41. The molecule has 0 heterocycles. The summed E-state index contributed by atoms with van der Waals surface area (Å²) in [5.74, 6) is 0.474. The number of nitrogens with zero attached hydrogens (tertiary/aromatic N) is 2. The molecular formula is C31H48N2O. The molecule has 0 unspecified atom stereocenters. The number of Topliss-reactive ketones (excluding diaryl/α,β-unsaturated/α-hetero) is 1. The number of aryl methyl sites for hydroxylation is 2. The van der Waals surface area contributed by atoms with Gasteiger partial charge in [0.25, 0.3) is 0 Å². The zero-order chi connectivity index (χ0) is 24.6. The topological polar surface area (TPSA) is 23.6 Å². The minimum atomic E-state index is 0.474. The molecule has 0 aliphatic carbocycles. The van der Waals surface area contributed by atoms with Crippen LogP contribution in [0, 0.1) is 0 Å². The quantitative estimate of drug-likeness (QED) is 0.210. The predicted octanol–water partition coefficient (Wildman–Crippen LogP) is 7.85. The average molecular weight is 465 g/mol. The van der Waals surface area contributed by atoms with Gasteiger partial charge in [0.15, 0.2) is 0 Å². The minimum Gasteiger partial charge on any atom is -0.378 e. The highest BCUT2D eigenvalue weighted by molar-refractivity contribution is 5.78. The lowest BCUT2D eigenvalue weighted by Crippen LogP contribution is -2.08. The zero-order valence-corrected chi connectivity index (χ0v) is 22.3. The number of carbonyl (C=O) groups is 1. The summed E-state index contributed by atoms with van der Waals surface area (Å²) in [5, 5.41) is 0. The van der Waals surface area contributed by atoms with Gasteiger partial charge in [0.2, 0.25) is 0 Å². The van der Waals surface area contributed by atoms with Gasteiger partial charge in [-0.3, -0.25) is 4.79 Å². The second-order valence-corrected chi connectivity index (χ2v) is 10.2. The minimum absolute atomic E-state index is 0.474. The molecule has 3 nitrogen and oxygen atoms in total. The van der Waals surface area contributed by atoms with Crippen molar-refractivity contribution in [1.82, 2.24) is 0 Å². The number of unbranched alkanes of at least 4 members (excludes halogenated alkanes) is 8. The third-order valence-electron chi connectivity index (χ3n) is 6.75. The van der Waals surface area contributed by atoms with Crippen molar-refractivity contribution >= 4 is 17.2 Å². The van der Waals surface area contributed by atoms with Crippen molar-refractivity contribution in [2.75, 3.05) is 38.0 Å². The summed E-state index contributed by atoms with van der Waals surface area (Å²) in [6, 6.07) is 17.8. The van der Waals surface area contributed by atoms with Crippen LogP contribution in [0.5, 0.6) is 0 Å². The van der Waals surface area contributed by atoms with Crippen LogP contribution in [0.2, 0.25) is 0 Å². The van der Waals surface area contributed by atoms with Gasteiger partial charge in [0, 0.05) is 52.4 Å². The van der Waals surface area contributed by atoms with E-state index in [4.69, 9.17) is 0 Å². The fraction of sp³-hybridized carbons (Fsp3) is 0.581. The maximum atomic E-state index is 12.1. The van der Waals surface area contributed by atoms with Gasteiger partial charge in [0.05, 0.1) is 0 Å². The van der Waals surface area contributed by atoms with Crippen molar-refractivity contribution in [3.63, 3.8) is 0 Å².